The van der Waals surface area contributed by atoms with E-state index in [1.165, 1.54) is 0 Å². The van der Waals surface area contributed by atoms with Crippen molar-refractivity contribution in [2.24, 2.45) is 0 Å². The van der Waals surface area contributed by atoms with Crippen molar-refractivity contribution in [3.05, 3.63) is 34.9 Å². The second-order valence-corrected chi connectivity index (χ2v) is 5.60. The van der Waals surface area contributed by atoms with Crippen molar-refractivity contribution in [3.63, 3.8) is 0 Å². The maximum atomic E-state index is 12.1. The highest BCUT2D eigenvalue weighted by molar-refractivity contribution is 6.31. The molecule has 2 rings (SSSR count). The van der Waals surface area contributed by atoms with E-state index < -0.39 is 0 Å². The molecule has 1 aromatic rings. The number of hydrogen-bond donors (Lipinski definition) is 2. The van der Waals surface area contributed by atoms with Crippen LogP contribution < -0.4 is 10.6 Å². The molecule has 0 aromatic heterocycles. The van der Waals surface area contributed by atoms with Gasteiger partial charge in [-0.05, 0) is 38.1 Å². The van der Waals surface area contributed by atoms with Crippen molar-refractivity contribution in [1.82, 2.24) is 15.5 Å². The molecule has 0 radical (unpaired) electrons. The van der Waals surface area contributed by atoms with Crippen LogP contribution in [0.5, 0.6) is 0 Å². The summed E-state index contributed by atoms with van der Waals surface area (Å²) in [5.74, 6) is 0.0549. The van der Waals surface area contributed by atoms with Crippen LogP contribution in [0.15, 0.2) is 24.3 Å². The molecule has 4 nitrogen and oxygen atoms in total. The van der Waals surface area contributed by atoms with Crippen molar-refractivity contribution >= 4 is 29.9 Å². The molecule has 0 aliphatic carbocycles. The van der Waals surface area contributed by atoms with Gasteiger partial charge in [-0.2, -0.15) is 0 Å². The fourth-order valence-electron chi connectivity index (χ4n) is 2.45. The Kier molecular flexibility index (Phi) is 8.04. The first-order valence-corrected chi connectivity index (χ1v) is 7.51. The van der Waals surface area contributed by atoms with E-state index in [1.807, 2.05) is 31.2 Å². The molecule has 21 heavy (non-hydrogen) atoms. The smallest absolute Gasteiger partial charge is 0.234 e. The molecular weight excluding hydrogens is 309 g/mol. The number of carbonyl (C=O) groups excluding carboxylic acids is 1. The van der Waals surface area contributed by atoms with Crippen LogP contribution in [0.4, 0.5) is 0 Å². The average molecular weight is 332 g/mol. The zero-order valence-electron chi connectivity index (χ0n) is 12.3. The lowest BCUT2D eigenvalue weighted by molar-refractivity contribution is -0.122. The maximum Gasteiger partial charge on any atom is 0.234 e. The molecule has 1 unspecified atom stereocenters. The van der Waals surface area contributed by atoms with E-state index in [0.717, 1.165) is 38.2 Å². The molecule has 0 bridgehead atoms. The fourth-order valence-corrected chi connectivity index (χ4v) is 2.75. The summed E-state index contributed by atoms with van der Waals surface area (Å²) in [6.45, 7) is 6.30. The van der Waals surface area contributed by atoms with Crippen molar-refractivity contribution < 1.29 is 4.79 Å². The second kappa shape index (κ2) is 9.26. The molecule has 1 aliphatic rings. The largest absolute Gasteiger partial charge is 0.348 e. The monoisotopic (exact) mass is 331 g/mol. The van der Waals surface area contributed by atoms with Crippen LogP contribution in [0.2, 0.25) is 5.02 Å². The van der Waals surface area contributed by atoms with Gasteiger partial charge in [0, 0.05) is 18.1 Å². The predicted octanol–water partition coefficient (Wildman–Crippen LogP) is 2.23. The Morgan fingerprint density at radius 1 is 1.38 bits per heavy atom. The summed E-state index contributed by atoms with van der Waals surface area (Å²) in [4.78, 5) is 14.3. The summed E-state index contributed by atoms with van der Waals surface area (Å²) in [6, 6.07) is 7.55. The number of nitrogens with zero attached hydrogens (tertiary/aromatic N) is 1. The first-order valence-electron chi connectivity index (χ1n) is 7.13. The van der Waals surface area contributed by atoms with E-state index >= 15 is 0 Å². The Balaban J connectivity index is 0.00000220. The molecule has 0 spiro atoms. The van der Waals surface area contributed by atoms with Crippen LogP contribution in [-0.2, 0) is 4.79 Å². The highest BCUT2D eigenvalue weighted by Crippen LogP contribution is 2.21. The first kappa shape index (κ1) is 18.2. The van der Waals surface area contributed by atoms with E-state index in [9.17, 15) is 4.79 Å². The van der Waals surface area contributed by atoms with E-state index in [-0.39, 0.29) is 24.4 Å². The van der Waals surface area contributed by atoms with Gasteiger partial charge in [-0.15, -0.1) is 12.4 Å². The molecule has 118 valence electrons. The zero-order valence-corrected chi connectivity index (χ0v) is 13.8. The van der Waals surface area contributed by atoms with Crippen LogP contribution in [0.25, 0.3) is 0 Å². The Morgan fingerprint density at radius 2 is 2.14 bits per heavy atom. The molecule has 6 heteroatoms. The van der Waals surface area contributed by atoms with Gasteiger partial charge >= 0.3 is 0 Å². The Bertz CT molecular complexity index is 448. The van der Waals surface area contributed by atoms with Crippen molar-refractivity contribution in [1.29, 1.82) is 0 Å². The van der Waals surface area contributed by atoms with E-state index in [4.69, 9.17) is 11.6 Å². The minimum absolute atomic E-state index is 0. The SMILES string of the molecule is CC(NC(=O)CN1CCCNCC1)c1ccccc1Cl.Cl. The van der Waals surface area contributed by atoms with Crippen LogP contribution in [0, 0.1) is 0 Å². The summed E-state index contributed by atoms with van der Waals surface area (Å²) < 4.78 is 0. The standard InChI is InChI=1S/C15H22ClN3O.ClH/c1-12(13-5-2-3-6-14(13)16)18-15(20)11-19-9-4-7-17-8-10-19;/h2-3,5-6,12,17H,4,7-11H2,1H3,(H,18,20);1H. The van der Waals surface area contributed by atoms with Crippen LogP contribution in [0.3, 0.4) is 0 Å². The van der Waals surface area contributed by atoms with Gasteiger partial charge in [0.25, 0.3) is 0 Å². The number of rotatable bonds is 4. The Hall–Kier alpha value is -0.810. The third kappa shape index (κ3) is 5.83. The first-order chi connectivity index (χ1) is 9.66. The molecule has 1 aromatic carbocycles. The third-order valence-electron chi connectivity index (χ3n) is 3.55. The number of halogens is 2. The zero-order chi connectivity index (χ0) is 14.4. The van der Waals surface area contributed by atoms with Crippen molar-refractivity contribution in [2.45, 2.75) is 19.4 Å². The minimum atomic E-state index is -0.0682. The number of amides is 1. The molecule has 1 saturated heterocycles. The van der Waals surface area contributed by atoms with Crippen molar-refractivity contribution in [2.75, 3.05) is 32.7 Å². The second-order valence-electron chi connectivity index (χ2n) is 5.19. The maximum absolute atomic E-state index is 12.1. The van der Waals surface area contributed by atoms with Gasteiger partial charge in [-0.25, -0.2) is 0 Å². The number of benzene rings is 1. The minimum Gasteiger partial charge on any atom is -0.348 e. The van der Waals surface area contributed by atoms with Gasteiger partial charge in [0.1, 0.15) is 0 Å². The molecular formula is C15H23Cl2N3O. The lowest BCUT2D eigenvalue weighted by Gasteiger charge is -2.21. The molecule has 1 fully saturated rings. The quantitative estimate of drug-likeness (QED) is 0.889. The van der Waals surface area contributed by atoms with Gasteiger partial charge in [0.2, 0.25) is 5.91 Å². The molecule has 2 N–H and O–H groups in total. The van der Waals surface area contributed by atoms with E-state index in [1.54, 1.807) is 0 Å². The van der Waals surface area contributed by atoms with Gasteiger partial charge in [0.05, 0.1) is 12.6 Å². The summed E-state index contributed by atoms with van der Waals surface area (Å²) >= 11 is 6.15. The van der Waals surface area contributed by atoms with E-state index in [2.05, 4.69) is 15.5 Å². The molecule has 1 aliphatic heterocycles. The van der Waals surface area contributed by atoms with Gasteiger partial charge in [0.15, 0.2) is 0 Å². The summed E-state index contributed by atoms with van der Waals surface area (Å²) in [7, 11) is 0. The normalized spacial score (nSPS) is 17.4. The van der Waals surface area contributed by atoms with E-state index in [0.29, 0.717) is 11.6 Å². The molecule has 1 heterocycles. The number of hydrogen-bond acceptors (Lipinski definition) is 3. The predicted molar refractivity (Wildman–Crippen MR) is 89.2 cm³/mol. The average Bonchev–Trinajstić information content (AvgIpc) is 2.67. The highest BCUT2D eigenvalue weighted by atomic mass is 35.5. The summed E-state index contributed by atoms with van der Waals surface area (Å²) in [5, 5.41) is 7.05. The Labute approximate surface area is 137 Å². The molecule has 0 saturated carbocycles. The van der Waals surface area contributed by atoms with Gasteiger partial charge in [-0.3, -0.25) is 9.69 Å². The van der Waals surface area contributed by atoms with Crippen LogP contribution in [0.1, 0.15) is 24.9 Å². The van der Waals surface area contributed by atoms with Gasteiger partial charge < -0.3 is 10.6 Å². The molecule has 1 atom stereocenters. The number of nitrogens with one attached hydrogen (secondary N) is 2. The van der Waals surface area contributed by atoms with Crippen LogP contribution >= 0.6 is 24.0 Å². The summed E-state index contributed by atoms with van der Waals surface area (Å²) in [5.41, 5.74) is 0.958. The molecule has 1 amide bonds. The topological polar surface area (TPSA) is 44.4 Å². The van der Waals surface area contributed by atoms with Gasteiger partial charge in [-0.1, -0.05) is 29.8 Å². The lowest BCUT2D eigenvalue weighted by Crippen LogP contribution is -2.39. The van der Waals surface area contributed by atoms with Crippen LogP contribution in [-0.4, -0.2) is 43.5 Å². The lowest BCUT2D eigenvalue weighted by atomic mass is 10.1. The number of carbonyl (C=O) groups is 1. The third-order valence-corrected chi connectivity index (χ3v) is 3.89. The Morgan fingerprint density at radius 3 is 2.90 bits per heavy atom. The summed E-state index contributed by atoms with van der Waals surface area (Å²) in [6.07, 6.45) is 1.09. The van der Waals surface area contributed by atoms with Crippen molar-refractivity contribution in [3.8, 4) is 0 Å². The fraction of sp³-hybridized carbons (Fsp3) is 0.533. The highest BCUT2D eigenvalue weighted by Gasteiger charge is 2.16.